The molecule has 0 amide bonds. The zero-order valence-electron chi connectivity index (χ0n) is 8.05. The van der Waals surface area contributed by atoms with E-state index in [1.807, 2.05) is 30.3 Å². The van der Waals surface area contributed by atoms with E-state index >= 15 is 0 Å². The second-order valence-corrected chi connectivity index (χ2v) is 3.53. The number of para-hydroxylation sites is 1. The molecule has 2 aromatic rings. The molecule has 1 atom stereocenters. The van der Waals surface area contributed by atoms with Crippen LogP contribution in [0, 0.1) is 0 Å². The number of nitrogens with zero attached hydrogens (tertiary/aromatic N) is 2. The van der Waals surface area contributed by atoms with Gasteiger partial charge in [0.05, 0.1) is 23.9 Å². The molecule has 1 aromatic carbocycles. The highest BCUT2D eigenvalue weighted by atomic mass is 35.5. The van der Waals surface area contributed by atoms with Crippen LogP contribution in [0.2, 0.25) is 0 Å². The zero-order valence-corrected chi connectivity index (χ0v) is 8.80. The van der Waals surface area contributed by atoms with Crippen LogP contribution >= 0.6 is 11.6 Å². The molecule has 0 aliphatic carbocycles. The molecule has 0 aliphatic heterocycles. The van der Waals surface area contributed by atoms with Crippen LogP contribution in [0.15, 0.2) is 42.7 Å². The van der Waals surface area contributed by atoms with Crippen LogP contribution in [-0.4, -0.2) is 20.8 Å². The molecule has 3 nitrogen and oxygen atoms in total. The van der Waals surface area contributed by atoms with E-state index in [1.54, 1.807) is 17.1 Å². The van der Waals surface area contributed by atoms with Crippen molar-refractivity contribution >= 4 is 11.6 Å². The van der Waals surface area contributed by atoms with E-state index < -0.39 is 6.10 Å². The summed E-state index contributed by atoms with van der Waals surface area (Å²) >= 11 is 5.55. The first-order valence-corrected chi connectivity index (χ1v) is 5.18. The highest BCUT2D eigenvalue weighted by Crippen LogP contribution is 2.15. The summed E-state index contributed by atoms with van der Waals surface area (Å²) in [6.45, 7) is 0. The van der Waals surface area contributed by atoms with Crippen molar-refractivity contribution in [3.63, 3.8) is 0 Å². The van der Waals surface area contributed by atoms with E-state index in [0.29, 0.717) is 0 Å². The lowest BCUT2D eigenvalue weighted by molar-refractivity contribution is 0.202. The van der Waals surface area contributed by atoms with E-state index in [1.165, 1.54) is 0 Å². The first-order valence-electron chi connectivity index (χ1n) is 4.65. The number of hydrogen-bond donors (Lipinski definition) is 1. The Bertz CT molecular complexity index is 427. The lowest BCUT2D eigenvalue weighted by Crippen LogP contribution is -1.97. The summed E-state index contributed by atoms with van der Waals surface area (Å²) in [6, 6.07) is 9.72. The van der Waals surface area contributed by atoms with Crippen LogP contribution in [0.1, 0.15) is 11.7 Å². The normalized spacial score (nSPS) is 12.7. The number of rotatable bonds is 3. The highest BCUT2D eigenvalue weighted by Gasteiger charge is 2.08. The third-order valence-corrected chi connectivity index (χ3v) is 2.45. The molecule has 4 heteroatoms. The average molecular weight is 223 g/mol. The Morgan fingerprint density at radius 1 is 1.33 bits per heavy atom. The Kier molecular flexibility index (Phi) is 3.04. The van der Waals surface area contributed by atoms with Gasteiger partial charge in [0, 0.05) is 11.8 Å². The van der Waals surface area contributed by atoms with E-state index in [4.69, 9.17) is 11.6 Å². The molecule has 0 aliphatic rings. The van der Waals surface area contributed by atoms with Gasteiger partial charge in [0.1, 0.15) is 0 Å². The SMILES string of the molecule is O[C@H](CCl)c1cnn(-c2ccccc2)c1. The molecule has 15 heavy (non-hydrogen) atoms. The van der Waals surface area contributed by atoms with Crippen LogP contribution in [-0.2, 0) is 0 Å². The van der Waals surface area contributed by atoms with Crippen molar-refractivity contribution in [2.75, 3.05) is 5.88 Å². The van der Waals surface area contributed by atoms with Crippen LogP contribution < -0.4 is 0 Å². The standard InChI is InChI=1S/C11H11ClN2O/c12-6-11(15)9-7-13-14(8-9)10-4-2-1-3-5-10/h1-5,7-8,11,15H,6H2/t11-/m1/s1. The van der Waals surface area contributed by atoms with E-state index in [0.717, 1.165) is 11.3 Å². The summed E-state index contributed by atoms with van der Waals surface area (Å²) in [5, 5.41) is 13.7. The van der Waals surface area contributed by atoms with Crippen molar-refractivity contribution in [1.29, 1.82) is 0 Å². The lowest BCUT2D eigenvalue weighted by atomic mass is 10.2. The van der Waals surface area contributed by atoms with Gasteiger partial charge in [-0.25, -0.2) is 4.68 Å². The molecule has 1 N–H and O–H groups in total. The van der Waals surface area contributed by atoms with Crippen LogP contribution in [0.3, 0.4) is 0 Å². The molecule has 1 heterocycles. The average Bonchev–Trinajstić information content (AvgIpc) is 2.78. The number of alkyl halides is 1. The van der Waals surface area contributed by atoms with Gasteiger partial charge >= 0.3 is 0 Å². The topological polar surface area (TPSA) is 38.1 Å². The van der Waals surface area contributed by atoms with E-state index in [-0.39, 0.29) is 5.88 Å². The molecule has 0 fully saturated rings. The smallest absolute Gasteiger partial charge is 0.0955 e. The van der Waals surface area contributed by atoms with Gasteiger partial charge in [-0.15, -0.1) is 11.6 Å². The summed E-state index contributed by atoms with van der Waals surface area (Å²) in [5.74, 6) is 0.181. The first-order chi connectivity index (χ1) is 7.31. The molecule has 1 aromatic heterocycles. The van der Waals surface area contributed by atoms with Gasteiger partial charge in [0.25, 0.3) is 0 Å². The minimum absolute atomic E-state index is 0.181. The summed E-state index contributed by atoms with van der Waals surface area (Å²) in [6.07, 6.45) is 2.76. The maximum absolute atomic E-state index is 9.50. The van der Waals surface area contributed by atoms with E-state index in [2.05, 4.69) is 5.10 Å². The highest BCUT2D eigenvalue weighted by molar-refractivity contribution is 6.18. The lowest BCUT2D eigenvalue weighted by Gasteiger charge is -2.02. The zero-order chi connectivity index (χ0) is 10.7. The third kappa shape index (κ3) is 2.19. The maximum atomic E-state index is 9.50. The van der Waals surface area contributed by atoms with Crippen molar-refractivity contribution in [1.82, 2.24) is 9.78 Å². The van der Waals surface area contributed by atoms with Gasteiger partial charge in [0.2, 0.25) is 0 Å². The predicted molar refractivity (Wildman–Crippen MR) is 59.2 cm³/mol. The Balaban J connectivity index is 2.28. The molecule has 0 saturated carbocycles. The Labute approximate surface area is 92.9 Å². The summed E-state index contributed by atoms with van der Waals surface area (Å²) < 4.78 is 1.71. The first kappa shape index (κ1) is 10.2. The third-order valence-electron chi connectivity index (χ3n) is 2.15. The van der Waals surface area contributed by atoms with Crippen molar-refractivity contribution in [2.24, 2.45) is 0 Å². The predicted octanol–water partition coefficient (Wildman–Crippen LogP) is 2.14. The van der Waals surface area contributed by atoms with Gasteiger partial charge in [-0.05, 0) is 12.1 Å². The van der Waals surface area contributed by atoms with Crippen molar-refractivity contribution in [2.45, 2.75) is 6.10 Å². The van der Waals surface area contributed by atoms with Gasteiger partial charge in [-0.3, -0.25) is 0 Å². The van der Waals surface area contributed by atoms with Crippen LogP contribution in [0.5, 0.6) is 0 Å². The summed E-state index contributed by atoms with van der Waals surface area (Å²) in [5.41, 5.74) is 1.69. The van der Waals surface area contributed by atoms with E-state index in [9.17, 15) is 5.11 Å². The fourth-order valence-corrected chi connectivity index (χ4v) is 1.50. The number of aromatic nitrogens is 2. The molecular formula is C11H11ClN2O. The Morgan fingerprint density at radius 3 is 2.73 bits per heavy atom. The van der Waals surface area contributed by atoms with Gasteiger partial charge in [-0.2, -0.15) is 5.10 Å². The fourth-order valence-electron chi connectivity index (χ4n) is 1.32. The quantitative estimate of drug-likeness (QED) is 0.809. The van der Waals surface area contributed by atoms with Crippen LogP contribution in [0.25, 0.3) is 5.69 Å². The van der Waals surface area contributed by atoms with Crippen molar-refractivity contribution in [3.05, 3.63) is 48.3 Å². The van der Waals surface area contributed by atoms with Gasteiger partial charge in [-0.1, -0.05) is 18.2 Å². The summed E-state index contributed by atoms with van der Waals surface area (Å²) in [7, 11) is 0. The Morgan fingerprint density at radius 2 is 2.07 bits per heavy atom. The molecule has 0 radical (unpaired) electrons. The molecular weight excluding hydrogens is 212 g/mol. The van der Waals surface area contributed by atoms with Crippen molar-refractivity contribution in [3.8, 4) is 5.69 Å². The molecule has 0 bridgehead atoms. The maximum Gasteiger partial charge on any atom is 0.0955 e. The molecule has 0 spiro atoms. The van der Waals surface area contributed by atoms with Gasteiger partial charge in [0.15, 0.2) is 0 Å². The second kappa shape index (κ2) is 4.47. The largest absolute Gasteiger partial charge is 0.387 e. The second-order valence-electron chi connectivity index (χ2n) is 3.22. The fraction of sp³-hybridized carbons (Fsp3) is 0.182. The van der Waals surface area contributed by atoms with Gasteiger partial charge < -0.3 is 5.11 Å². The Hall–Kier alpha value is -1.32. The number of hydrogen-bond acceptors (Lipinski definition) is 2. The summed E-state index contributed by atoms with van der Waals surface area (Å²) in [4.78, 5) is 0. The van der Waals surface area contributed by atoms with Crippen LogP contribution in [0.4, 0.5) is 0 Å². The minimum Gasteiger partial charge on any atom is -0.387 e. The molecule has 0 unspecified atom stereocenters. The number of benzene rings is 1. The number of aliphatic hydroxyl groups is 1. The number of aliphatic hydroxyl groups excluding tert-OH is 1. The minimum atomic E-state index is -0.649. The molecule has 78 valence electrons. The molecule has 0 saturated heterocycles. The van der Waals surface area contributed by atoms with Crippen molar-refractivity contribution < 1.29 is 5.11 Å². The number of halogens is 1. The monoisotopic (exact) mass is 222 g/mol. The molecule has 2 rings (SSSR count).